The maximum absolute atomic E-state index is 11.8. The molecule has 1 aromatic carbocycles. The first-order valence-corrected chi connectivity index (χ1v) is 5.77. The third kappa shape index (κ3) is 3.92. The van der Waals surface area contributed by atoms with E-state index in [0.717, 1.165) is 0 Å². The Morgan fingerprint density at radius 1 is 1.42 bits per heavy atom. The number of nitro benzene ring substituents is 1. The number of halogens is 1. The molecule has 1 rings (SSSR count). The molecule has 0 aliphatic rings. The van der Waals surface area contributed by atoms with E-state index in [0.29, 0.717) is 0 Å². The molecule has 0 unspecified atom stereocenters. The number of rotatable bonds is 5. The third-order valence-electron chi connectivity index (χ3n) is 2.34. The van der Waals surface area contributed by atoms with Crippen molar-refractivity contribution in [2.24, 2.45) is 0 Å². The second-order valence-electron chi connectivity index (χ2n) is 3.57. The predicted molar refractivity (Wildman–Crippen MR) is 69.1 cm³/mol. The first-order chi connectivity index (χ1) is 8.97. The standard InChI is InChI=1S/C11H12ClN3O4/c1-13-9(16)5-6-14-11(17)7-3-2-4-8(10(7)12)15(18)19/h2-4H,5-6H2,1H3,(H,13,16)(H,14,17). The molecule has 0 radical (unpaired) electrons. The lowest BCUT2D eigenvalue weighted by atomic mass is 10.2. The Labute approximate surface area is 114 Å². The fourth-order valence-electron chi connectivity index (χ4n) is 1.35. The zero-order valence-electron chi connectivity index (χ0n) is 10.1. The summed E-state index contributed by atoms with van der Waals surface area (Å²) in [4.78, 5) is 32.7. The highest BCUT2D eigenvalue weighted by Crippen LogP contribution is 2.27. The lowest BCUT2D eigenvalue weighted by Crippen LogP contribution is -2.29. The third-order valence-corrected chi connectivity index (χ3v) is 2.73. The molecule has 0 atom stereocenters. The monoisotopic (exact) mass is 285 g/mol. The van der Waals surface area contributed by atoms with Gasteiger partial charge < -0.3 is 10.6 Å². The van der Waals surface area contributed by atoms with Gasteiger partial charge in [-0.2, -0.15) is 0 Å². The molecule has 0 heterocycles. The van der Waals surface area contributed by atoms with Crippen LogP contribution in [0.15, 0.2) is 18.2 Å². The van der Waals surface area contributed by atoms with Gasteiger partial charge in [-0.1, -0.05) is 17.7 Å². The van der Waals surface area contributed by atoms with E-state index in [1.54, 1.807) is 0 Å². The number of hydrogen-bond donors (Lipinski definition) is 2. The van der Waals surface area contributed by atoms with Gasteiger partial charge in [-0.05, 0) is 6.07 Å². The van der Waals surface area contributed by atoms with Crippen molar-refractivity contribution in [2.75, 3.05) is 13.6 Å². The second-order valence-corrected chi connectivity index (χ2v) is 3.95. The molecular formula is C11H12ClN3O4. The van der Waals surface area contributed by atoms with Gasteiger partial charge in [0.2, 0.25) is 5.91 Å². The Kier molecular flexibility index (Phi) is 5.25. The lowest BCUT2D eigenvalue weighted by Gasteiger charge is -2.06. The van der Waals surface area contributed by atoms with Crippen LogP contribution in [0.25, 0.3) is 0 Å². The van der Waals surface area contributed by atoms with Gasteiger partial charge in [0.1, 0.15) is 5.02 Å². The molecule has 19 heavy (non-hydrogen) atoms. The zero-order chi connectivity index (χ0) is 14.4. The number of hydrogen-bond acceptors (Lipinski definition) is 4. The second kappa shape index (κ2) is 6.69. The van der Waals surface area contributed by atoms with E-state index in [9.17, 15) is 19.7 Å². The van der Waals surface area contributed by atoms with Crippen molar-refractivity contribution in [1.82, 2.24) is 10.6 Å². The summed E-state index contributed by atoms with van der Waals surface area (Å²) < 4.78 is 0. The first kappa shape index (κ1) is 14.9. The van der Waals surface area contributed by atoms with Crippen molar-refractivity contribution in [3.8, 4) is 0 Å². The van der Waals surface area contributed by atoms with Crippen LogP contribution >= 0.6 is 11.6 Å². The van der Waals surface area contributed by atoms with Crippen LogP contribution in [-0.4, -0.2) is 30.3 Å². The van der Waals surface area contributed by atoms with Crippen molar-refractivity contribution in [3.63, 3.8) is 0 Å². The molecule has 1 aromatic rings. The zero-order valence-corrected chi connectivity index (χ0v) is 10.9. The minimum Gasteiger partial charge on any atom is -0.359 e. The number of benzene rings is 1. The molecule has 0 saturated carbocycles. The fraction of sp³-hybridized carbons (Fsp3) is 0.273. The molecule has 2 N–H and O–H groups in total. The number of nitrogens with zero attached hydrogens (tertiary/aromatic N) is 1. The molecule has 0 saturated heterocycles. The van der Waals surface area contributed by atoms with E-state index >= 15 is 0 Å². The number of nitro groups is 1. The summed E-state index contributed by atoms with van der Waals surface area (Å²) in [6, 6.07) is 3.96. The highest BCUT2D eigenvalue weighted by molar-refractivity contribution is 6.35. The van der Waals surface area contributed by atoms with Crippen molar-refractivity contribution < 1.29 is 14.5 Å². The van der Waals surface area contributed by atoms with Gasteiger partial charge in [0.05, 0.1) is 10.5 Å². The average molecular weight is 286 g/mol. The van der Waals surface area contributed by atoms with Gasteiger partial charge in [-0.3, -0.25) is 19.7 Å². The normalized spacial score (nSPS) is 9.79. The van der Waals surface area contributed by atoms with Crippen molar-refractivity contribution in [1.29, 1.82) is 0 Å². The summed E-state index contributed by atoms with van der Waals surface area (Å²) in [6.45, 7) is 0.123. The summed E-state index contributed by atoms with van der Waals surface area (Å²) in [5, 5.41) is 15.3. The van der Waals surface area contributed by atoms with E-state index in [1.807, 2.05) is 0 Å². The molecule has 0 fully saturated rings. The predicted octanol–water partition coefficient (Wildman–Crippen LogP) is 1.11. The van der Waals surface area contributed by atoms with E-state index in [2.05, 4.69) is 10.6 Å². The van der Waals surface area contributed by atoms with Crippen LogP contribution in [0, 0.1) is 10.1 Å². The van der Waals surface area contributed by atoms with E-state index in [4.69, 9.17) is 11.6 Å². The van der Waals surface area contributed by atoms with Gasteiger partial charge in [0.25, 0.3) is 11.6 Å². The molecule has 7 nitrogen and oxygen atoms in total. The highest BCUT2D eigenvalue weighted by Gasteiger charge is 2.19. The number of nitrogens with one attached hydrogen (secondary N) is 2. The van der Waals surface area contributed by atoms with Crippen LogP contribution in [0.3, 0.4) is 0 Å². The highest BCUT2D eigenvalue weighted by atomic mass is 35.5. The van der Waals surface area contributed by atoms with Gasteiger partial charge in [0, 0.05) is 26.1 Å². The molecule has 0 aliphatic carbocycles. The number of carbonyl (C=O) groups is 2. The summed E-state index contributed by atoms with van der Waals surface area (Å²) in [6.07, 6.45) is 0.120. The Bertz CT molecular complexity index is 519. The quantitative estimate of drug-likeness (QED) is 0.625. The van der Waals surface area contributed by atoms with E-state index in [1.165, 1.54) is 25.2 Å². The Hall–Kier alpha value is -2.15. The smallest absolute Gasteiger partial charge is 0.288 e. The molecule has 102 valence electrons. The minimum atomic E-state index is -0.663. The van der Waals surface area contributed by atoms with Crippen LogP contribution < -0.4 is 10.6 Å². The Balaban J connectivity index is 2.75. The number of carbonyl (C=O) groups excluding carboxylic acids is 2. The van der Waals surface area contributed by atoms with Gasteiger partial charge >= 0.3 is 0 Å². The Morgan fingerprint density at radius 2 is 2.11 bits per heavy atom. The molecule has 0 aliphatic heterocycles. The van der Waals surface area contributed by atoms with Gasteiger partial charge in [-0.15, -0.1) is 0 Å². The largest absolute Gasteiger partial charge is 0.359 e. The summed E-state index contributed by atoms with van der Waals surface area (Å²) in [5.41, 5.74) is -0.326. The van der Waals surface area contributed by atoms with Crippen LogP contribution in [0.5, 0.6) is 0 Å². The first-order valence-electron chi connectivity index (χ1n) is 5.39. The molecule has 8 heteroatoms. The minimum absolute atomic E-state index is 0.00720. The maximum atomic E-state index is 11.8. The van der Waals surface area contributed by atoms with Crippen LogP contribution in [0.1, 0.15) is 16.8 Å². The van der Waals surface area contributed by atoms with E-state index < -0.39 is 10.8 Å². The van der Waals surface area contributed by atoms with Gasteiger partial charge in [-0.25, -0.2) is 0 Å². The van der Waals surface area contributed by atoms with Crippen molar-refractivity contribution in [2.45, 2.75) is 6.42 Å². The Morgan fingerprint density at radius 3 is 2.68 bits per heavy atom. The van der Waals surface area contributed by atoms with Crippen molar-refractivity contribution >= 4 is 29.1 Å². The summed E-state index contributed by atoms with van der Waals surface area (Å²) in [7, 11) is 1.49. The summed E-state index contributed by atoms with van der Waals surface area (Å²) in [5.74, 6) is -0.775. The van der Waals surface area contributed by atoms with Crippen LogP contribution in [0.4, 0.5) is 5.69 Å². The molecule has 0 bridgehead atoms. The summed E-state index contributed by atoms with van der Waals surface area (Å²) >= 11 is 5.79. The molecule has 0 spiro atoms. The maximum Gasteiger partial charge on any atom is 0.288 e. The topological polar surface area (TPSA) is 101 Å². The number of amides is 2. The average Bonchev–Trinajstić information content (AvgIpc) is 2.38. The van der Waals surface area contributed by atoms with Crippen LogP contribution in [0.2, 0.25) is 5.02 Å². The molecule has 0 aromatic heterocycles. The van der Waals surface area contributed by atoms with Crippen molar-refractivity contribution in [3.05, 3.63) is 38.9 Å². The van der Waals surface area contributed by atoms with Crippen LogP contribution in [-0.2, 0) is 4.79 Å². The SMILES string of the molecule is CNC(=O)CCNC(=O)c1cccc([N+](=O)[O-])c1Cl. The fourth-order valence-corrected chi connectivity index (χ4v) is 1.63. The van der Waals surface area contributed by atoms with E-state index in [-0.39, 0.29) is 35.1 Å². The lowest BCUT2D eigenvalue weighted by molar-refractivity contribution is -0.384. The molecular weight excluding hydrogens is 274 g/mol. The molecule has 2 amide bonds. The van der Waals surface area contributed by atoms with Gasteiger partial charge in [0.15, 0.2) is 0 Å².